The van der Waals surface area contributed by atoms with Crippen molar-refractivity contribution in [3.8, 4) is 6.19 Å². The van der Waals surface area contributed by atoms with Crippen LogP contribution in [0.2, 0.25) is 0 Å². The Hall–Kier alpha value is -2.29. The number of nitriles is 1. The first-order valence-electron chi connectivity index (χ1n) is 8.43. The zero-order chi connectivity index (χ0) is 15.9. The molecule has 6 nitrogen and oxygen atoms in total. The summed E-state index contributed by atoms with van der Waals surface area (Å²) in [6, 6.07) is 2.05. The third kappa shape index (κ3) is 2.23. The van der Waals surface area contributed by atoms with Crippen LogP contribution in [0.5, 0.6) is 0 Å². The van der Waals surface area contributed by atoms with Crippen molar-refractivity contribution in [2.24, 2.45) is 11.3 Å². The monoisotopic (exact) mass is 310 g/mol. The van der Waals surface area contributed by atoms with E-state index in [0.717, 1.165) is 61.8 Å². The van der Waals surface area contributed by atoms with Crippen molar-refractivity contribution in [1.82, 2.24) is 19.9 Å². The number of nitrogens with zero attached hydrogens (tertiary/aromatic N) is 5. The third-order valence-corrected chi connectivity index (χ3v) is 5.85. The van der Waals surface area contributed by atoms with Gasteiger partial charge in [0.2, 0.25) is 0 Å². The molecule has 2 aromatic rings. The summed E-state index contributed by atoms with van der Waals surface area (Å²) in [4.78, 5) is 16.4. The molecule has 4 heterocycles. The second-order valence-corrected chi connectivity index (χ2v) is 6.87. The molecule has 4 rings (SSSR count). The molecule has 2 aliphatic heterocycles. The maximum Gasteiger partial charge on any atom is 0.179 e. The predicted molar refractivity (Wildman–Crippen MR) is 88.7 cm³/mol. The number of nitrogens with one attached hydrogen (secondary N) is 1. The zero-order valence-corrected chi connectivity index (χ0v) is 13.5. The molecular weight excluding hydrogens is 288 g/mol. The largest absolute Gasteiger partial charge is 0.355 e. The average molecular weight is 310 g/mol. The second kappa shape index (κ2) is 5.41. The van der Waals surface area contributed by atoms with E-state index in [1.807, 2.05) is 11.1 Å². The minimum absolute atomic E-state index is 0.194. The van der Waals surface area contributed by atoms with Crippen molar-refractivity contribution in [1.29, 1.82) is 5.26 Å². The Morgan fingerprint density at radius 3 is 3.04 bits per heavy atom. The molecule has 6 heteroatoms. The van der Waals surface area contributed by atoms with Crippen LogP contribution in [0.4, 0.5) is 5.82 Å². The van der Waals surface area contributed by atoms with Crippen LogP contribution < -0.4 is 4.90 Å². The van der Waals surface area contributed by atoms with Gasteiger partial charge < -0.3 is 14.8 Å². The van der Waals surface area contributed by atoms with Crippen LogP contribution in [0.1, 0.15) is 26.2 Å². The first-order valence-corrected chi connectivity index (χ1v) is 8.43. The molecule has 2 aliphatic rings. The van der Waals surface area contributed by atoms with E-state index in [-0.39, 0.29) is 5.41 Å². The van der Waals surface area contributed by atoms with Crippen LogP contribution in [0.3, 0.4) is 0 Å². The van der Waals surface area contributed by atoms with Gasteiger partial charge in [-0.05, 0) is 31.2 Å². The highest BCUT2D eigenvalue weighted by Crippen LogP contribution is 2.45. The number of hydrogen-bond donors (Lipinski definition) is 1. The smallest absolute Gasteiger partial charge is 0.179 e. The number of likely N-dealkylation sites (tertiary alicyclic amines) is 1. The highest BCUT2D eigenvalue weighted by molar-refractivity contribution is 5.87. The number of fused-ring (bicyclic) bond motifs is 2. The number of hydrogen-bond acceptors (Lipinski definition) is 5. The van der Waals surface area contributed by atoms with Crippen molar-refractivity contribution in [2.75, 3.05) is 31.1 Å². The van der Waals surface area contributed by atoms with Gasteiger partial charge in [-0.2, -0.15) is 5.26 Å². The lowest BCUT2D eigenvalue weighted by molar-refractivity contribution is 0.0357. The van der Waals surface area contributed by atoms with Gasteiger partial charge in [-0.15, -0.1) is 0 Å². The van der Waals surface area contributed by atoms with Gasteiger partial charge in [-0.25, -0.2) is 9.97 Å². The van der Waals surface area contributed by atoms with Crippen LogP contribution >= 0.6 is 0 Å². The number of aromatic nitrogens is 3. The molecule has 2 aromatic heterocycles. The molecule has 2 saturated heterocycles. The lowest BCUT2D eigenvalue weighted by Crippen LogP contribution is -2.57. The molecule has 0 aliphatic carbocycles. The number of aromatic amines is 1. The summed E-state index contributed by atoms with van der Waals surface area (Å²) in [6.45, 7) is 6.07. The molecular formula is C17H22N6. The summed E-state index contributed by atoms with van der Waals surface area (Å²) in [6.07, 6.45) is 9.35. The number of H-pyrrole nitrogens is 1. The Bertz CT molecular complexity index is 747. The minimum atomic E-state index is 0.194. The standard InChI is InChI=1S/C17H22N6/c1-2-17-9-22(11-18)7-4-13(17)5-8-23(10-17)16-14-3-6-19-15(14)20-12-21-16/h3,6,12-13H,2,4-5,7-10H2,1H3,(H,19,20,21). The number of piperidine rings is 2. The van der Waals surface area contributed by atoms with Crippen LogP contribution in [-0.2, 0) is 0 Å². The van der Waals surface area contributed by atoms with Gasteiger partial charge in [0.25, 0.3) is 0 Å². The lowest BCUT2D eigenvalue weighted by Gasteiger charge is -2.52. The van der Waals surface area contributed by atoms with Crippen LogP contribution in [0.15, 0.2) is 18.6 Å². The maximum atomic E-state index is 9.33. The molecule has 0 radical (unpaired) electrons. The van der Waals surface area contributed by atoms with Crippen molar-refractivity contribution in [3.63, 3.8) is 0 Å². The van der Waals surface area contributed by atoms with Gasteiger partial charge in [0.15, 0.2) is 6.19 Å². The summed E-state index contributed by atoms with van der Waals surface area (Å²) in [7, 11) is 0. The normalized spacial score (nSPS) is 27.7. The first-order chi connectivity index (χ1) is 11.3. The molecule has 120 valence electrons. The van der Waals surface area contributed by atoms with Crippen molar-refractivity contribution >= 4 is 16.9 Å². The Morgan fingerprint density at radius 2 is 2.22 bits per heavy atom. The Morgan fingerprint density at radius 1 is 1.35 bits per heavy atom. The van der Waals surface area contributed by atoms with Crippen molar-refractivity contribution < 1.29 is 0 Å². The Labute approximate surface area is 136 Å². The average Bonchev–Trinajstić information content (AvgIpc) is 3.09. The second-order valence-electron chi connectivity index (χ2n) is 6.87. The van der Waals surface area contributed by atoms with E-state index in [1.54, 1.807) is 6.33 Å². The molecule has 0 amide bonds. The van der Waals surface area contributed by atoms with Gasteiger partial charge in [0.05, 0.1) is 5.39 Å². The fraction of sp³-hybridized carbons (Fsp3) is 0.588. The summed E-state index contributed by atoms with van der Waals surface area (Å²) >= 11 is 0. The minimum Gasteiger partial charge on any atom is -0.355 e. The van der Waals surface area contributed by atoms with E-state index >= 15 is 0 Å². The summed E-state index contributed by atoms with van der Waals surface area (Å²) in [5.74, 6) is 1.74. The first kappa shape index (κ1) is 14.3. The summed E-state index contributed by atoms with van der Waals surface area (Å²) in [5.41, 5.74) is 1.09. The Kier molecular flexibility index (Phi) is 3.37. The molecule has 0 spiro atoms. The third-order valence-electron chi connectivity index (χ3n) is 5.85. The van der Waals surface area contributed by atoms with Gasteiger partial charge in [-0.1, -0.05) is 6.92 Å². The van der Waals surface area contributed by atoms with Crippen LogP contribution in [-0.4, -0.2) is 46.0 Å². The van der Waals surface area contributed by atoms with Crippen LogP contribution in [0, 0.1) is 22.8 Å². The van der Waals surface area contributed by atoms with E-state index < -0.39 is 0 Å². The lowest BCUT2D eigenvalue weighted by atomic mass is 9.65. The van der Waals surface area contributed by atoms with Gasteiger partial charge >= 0.3 is 0 Å². The van der Waals surface area contributed by atoms with Gasteiger partial charge in [-0.3, -0.25) is 0 Å². The summed E-state index contributed by atoms with van der Waals surface area (Å²) in [5, 5.41) is 10.4. The summed E-state index contributed by atoms with van der Waals surface area (Å²) < 4.78 is 0. The van der Waals surface area contributed by atoms with Gasteiger partial charge in [0.1, 0.15) is 17.8 Å². The fourth-order valence-electron chi connectivity index (χ4n) is 4.50. The van der Waals surface area contributed by atoms with Gasteiger partial charge in [0, 0.05) is 37.8 Å². The van der Waals surface area contributed by atoms with E-state index in [2.05, 4.69) is 39.0 Å². The molecule has 2 fully saturated rings. The molecule has 2 unspecified atom stereocenters. The predicted octanol–water partition coefficient (Wildman–Crippen LogP) is 2.37. The molecule has 1 N–H and O–H groups in total. The van der Waals surface area contributed by atoms with E-state index in [1.165, 1.54) is 6.42 Å². The van der Waals surface area contributed by atoms with E-state index in [9.17, 15) is 5.26 Å². The molecule has 0 bridgehead atoms. The topological polar surface area (TPSA) is 71.8 Å². The van der Waals surface area contributed by atoms with Crippen molar-refractivity contribution in [2.45, 2.75) is 26.2 Å². The van der Waals surface area contributed by atoms with Crippen LogP contribution in [0.25, 0.3) is 11.0 Å². The molecule has 0 saturated carbocycles. The van der Waals surface area contributed by atoms with Crippen molar-refractivity contribution in [3.05, 3.63) is 18.6 Å². The highest BCUT2D eigenvalue weighted by Gasteiger charge is 2.46. The maximum absolute atomic E-state index is 9.33. The number of rotatable bonds is 2. The van der Waals surface area contributed by atoms with E-state index in [0.29, 0.717) is 0 Å². The fourth-order valence-corrected chi connectivity index (χ4v) is 4.50. The molecule has 2 atom stereocenters. The molecule has 23 heavy (non-hydrogen) atoms. The molecule has 0 aromatic carbocycles. The quantitative estimate of drug-likeness (QED) is 0.862. The van der Waals surface area contributed by atoms with E-state index in [4.69, 9.17) is 0 Å². The number of anilines is 1. The highest BCUT2D eigenvalue weighted by atomic mass is 15.2. The SMILES string of the molecule is CCC12CN(C#N)CCC1CCN(c1ncnc3[nH]ccc13)C2. The zero-order valence-electron chi connectivity index (χ0n) is 13.5. The Balaban J connectivity index is 1.68.